The maximum atomic E-state index is 13.2. The number of nitrogens with zero attached hydrogens (tertiary/aromatic N) is 1. The summed E-state index contributed by atoms with van der Waals surface area (Å²) in [5.41, 5.74) is 6.21. The Morgan fingerprint density at radius 3 is 2.90 bits per heavy atom. The molecule has 0 unspecified atom stereocenters. The molecule has 2 aromatic rings. The van der Waals surface area contributed by atoms with E-state index in [2.05, 4.69) is 9.97 Å². The van der Waals surface area contributed by atoms with Crippen molar-refractivity contribution < 1.29 is 4.39 Å². The Morgan fingerprint density at radius 1 is 1.48 bits per heavy atom. The molecule has 4 N–H and O–H groups in total. The van der Waals surface area contributed by atoms with Gasteiger partial charge in [0.15, 0.2) is 5.16 Å². The first-order valence-electron chi connectivity index (χ1n) is 6.41. The topological polar surface area (TPSA) is 95.6 Å². The summed E-state index contributed by atoms with van der Waals surface area (Å²) in [6.45, 7) is 2.00. The van der Waals surface area contributed by atoms with E-state index in [1.807, 2.05) is 6.92 Å². The van der Waals surface area contributed by atoms with Crippen molar-refractivity contribution in [2.45, 2.75) is 29.8 Å². The van der Waals surface area contributed by atoms with Crippen molar-refractivity contribution in [2.24, 2.45) is 5.73 Å². The Bertz CT molecular complexity index is 729. The number of hydrogen-bond donors (Lipinski definition) is 3. The van der Waals surface area contributed by atoms with Crippen LogP contribution in [0.5, 0.6) is 0 Å². The van der Waals surface area contributed by atoms with Gasteiger partial charge in [0.1, 0.15) is 11.7 Å². The van der Waals surface area contributed by atoms with E-state index >= 15 is 0 Å². The molecule has 0 aliphatic rings. The molecule has 0 aliphatic carbocycles. The standard InChI is InChI=1S/C14H15FN4OS/c1-2-3-9-7-12(20)19-14(18-9)21-11-5-4-8(15)6-10(11)13(16)17/h4-7H,2-3H2,1H3,(H3,16,17)(H,18,19,20). The highest BCUT2D eigenvalue weighted by atomic mass is 32.2. The predicted octanol–water partition coefficient (Wildman–Crippen LogP) is 2.30. The molecule has 0 saturated heterocycles. The third kappa shape index (κ3) is 3.91. The lowest BCUT2D eigenvalue weighted by Crippen LogP contribution is -2.13. The molecule has 21 heavy (non-hydrogen) atoms. The molecule has 1 aromatic heterocycles. The lowest BCUT2D eigenvalue weighted by Gasteiger charge is -2.08. The van der Waals surface area contributed by atoms with Gasteiger partial charge < -0.3 is 10.7 Å². The molecule has 0 radical (unpaired) electrons. The molecule has 0 aliphatic heterocycles. The Labute approximate surface area is 125 Å². The molecule has 0 atom stereocenters. The van der Waals surface area contributed by atoms with Gasteiger partial charge in [0.2, 0.25) is 0 Å². The Balaban J connectivity index is 2.38. The number of nitrogens with two attached hydrogens (primary N) is 1. The summed E-state index contributed by atoms with van der Waals surface area (Å²) in [4.78, 5) is 19.2. The first kappa shape index (κ1) is 15.2. The van der Waals surface area contributed by atoms with E-state index in [1.165, 1.54) is 24.3 Å². The van der Waals surface area contributed by atoms with Crippen LogP contribution < -0.4 is 11.3 Å². The van der Waals surface area contributed by atoms with Crippen molar-refractivity contribution in [2.75, 3.05) is 0 Å². The summed E-state index contributed by atoms with van der Waals surface area (Å²) in [5, 5.41) is 7.90. The molecule has 110 valence electrons. The Morgan fingerprint density at radius 2 is 2.24 bits per heavy atom. The van der Waals surface area contributed by atoms with Gasteiger partial charge in [0.25, 0.3) is 5.56 Å². The van der Waals surface area contributed by atoms with E-state index in [-0.39, 0.29) is 17.0 Å². The van der Waals surface area contributed by atoms with Gasteiger partial charge in [0.05, 0.1) is 0 Å². The number of rotatable bonds is 5. The molecule has 1 heterocycles. The van der Waals surface area contributed by atoms with E-state index in [9.17, 15) is 9.18 Å². The van der Waals surface area contributed by atoms with E-state index in [0.717, 1.165) is 18.2 Å². The van der Waals surface area contributed by atoms with Crippen LogP contribution in [0.3, 0.4) is 0 Å². The van der Waals surface area contributed by atoms with Gasteiger partial charge in [-0.25, -0.2) is 9.37 Å². The summed E-state index contributed by atoms with van der Waals surface area (Å²) in [6.07, 6.45) is 1.59. The molecule has 0 amide bonds. The van der Waals surface area contributed by atoms with Gasteiger partial charge in [-0.3, -0.25) is 10.2 Å². The first-order valence-corrected chi connectivity index (χ1v) is 7.23. The number of amidine groups is 1. The van der Waals surface area contributed by atoms with Gasteiger partial charge in [-0.05, 0) is 24.6 Å². The molecule has 0 bridgehead atoms. The fourth-order valence-corrected chi connectivity index (χ4v) is 2.76. The third-order valence-corrected chi connectivity index (χ3v) is 3.68. The van der Waals surface area contributed by atoms with Crippen molar-refractivity contribution >= 4 is 17.6 Å². The summed E-state index contributed by atoms with van der Waals surface area (Å²) in [6, 6.07) is 5.45. The number of aromatic nitrogens is 2. The second-order valence-electron chi connectivity index (χ2n) is 4.45. The van der Waals surface area contributed by atoms with Crippen LogP contribution in [0, 0.1) is 11.2 Å². The highest BCUT2D eigenvalue weighted by molar-refractivity contribution is 7.99. The minimum atomic E-state index is -0.467. The summed E-state index contributed by atoms with van der Waals surface area (Å²) in [7, 11) is 0. The molecule has 5 nitrogen and oxygen atoms in total. The number of nitrogens with one attached hydrogen (secondary N) is 2. The second kappa shape index (κ2) is 6.53. The average molecular weight is 306 g/mol. The van der Waals surface area contributed by atoms with Gasteiger partial charge in [0, 0.05) is 22.2 Å². The molecular formula is C14H15FN4OS. The quantitative estimate of drug-likeness (QED) is 0.448. The Hall–Kier alpha value is -2.15. The summed E-state index contributed by atoms with van der Waals surface area (Å²) < 4.78 is 13.2. The maximum absolute atomic E-state index is 13.2. The molecule has 1 aromatic carbocycles. The van der Waals surface area contributed by atoms with Gasteiger partial charge >= 0.3 is 0 Å². The smallest absolute Gasteiger partial charge is 0.251 e. The third-order valence-electron chi connectivity index (χ3n) is 2.72. The van der Waals surface area contributed by atoms with Crippen LogP contribution in [0.2, 0.25) is 0 Å². The van der Waals surface area contributed by atoms with Crippen molar-refractivity contribution in [3.63, 3.8) is 0 Å². The number of aryl methyl sites for hydroxylation is 1. The monoisotopic (exact) mass is 306 g/mol. The van der Waals surface area contributed by atoms with Crippen LogP contribution in [-0.4, -0.2) is 15.8 Å². The minimum Gasteiger partial charge on any atom is -0.384 e. The summed E-state index contributed by atoms with van der Waals surface area (Å²) in [5.74, 6) is -0.699. The van der Waals surface area contributed by atoms with Crippen molar-refractivity contribution in [3.05, 3.63) is 51.7 Å². The average Bonchev–Trinajstić information content (AvgIpc) is 2.40. The summed E-state index contributed by atoms with van der Waals surface area (Å²) >= 11 is 1.15. The van der Waals surface area contributed by atoms with Crippen LogP contribution in [0.4, 0.5) is 4.39 Å². The molecule has 0 fully saturated rings. The van der Waals surface area contributed by atoms with E-state index in [1.54, 1.807) is 0 Å². The van der Waals surface area contributed by atoms with Crippen molar-refractivity contribution in [1.29, 1.82) is 5.41 Å². The normalized spacial score (nSPS) is 10.6. The van der Waals surface area contributed by atoms with Crippen LogP contribution >= 0.6 is 11.8 Å². The zero-order valence-electron chi connectivity index (χ0n) is 11.4. The number of halogens is 1. The lowest BCUT2D eigenvalue weighted by molar-refractivity contribution is 0.626. The number of aromatic amines is 1. The fourth-order valence-electron chi connectivity index (χ4n) is 1.82. The fraction of sp³-hybridized carbons (Fsp3) is 0.214. The van der Waals surface area contributed by atoms with E-state index < -0.39 is 5.82 Å². The van der Waals surface area contributed by atoms with Crippen LogP contribution in [-0.2, 0) is 6.42 Å². The zero-order valence-corrected chi connectivity index (χ0v) is 12.3. The number of hydrogen-bond acceptors (Lipinski definition) is 4. The van der Waals surface area contributed by atoms with Gasteiger partial charge in [-0.1, -0.05) is 25.1 Å². The maximum Gasteiger partial charge on any atom is 0.251 e. The highest BCUT2D eigenvalue weighted by Crippen LogP contribution is 2.28. The van der Waals surface area contributed by atoms with Crippen LogP contribution in [0.25, 0.3) is 0 Å². The molecule has 0 saturated carbocycles. The second-order valence-corrected chi connectivity index (χ2v) is 5.48. The number of nitrogen functional groups attached to an aromatic ring is 1. The predicted molar refractivity (Wildman–Crippen MR) is 80.4 cm³/mol. The number of H-pyrrole nitrogens is 1. The largest absolute Gasteiger partial charge is 0.384 e. The number of benzene rings is 1. The zero-order chi connectivity index (χ0) is 15.4. The van der Waals surface area contributed by atoms with Crippen LogP contribution in [0.1, 0.15) is 24.6 Å². The Kier molecular flexibility index (Phi) is 4.74. The SMILES string of the molecule is CCCc1cc(=O)[nH]c(Sc2ccc(F)cc2C(=N)N)n1. The first-order chi connectivity index (χ1) is 9.99. The molecule has 2 rings (SSSR count). The molecular weight excluding hydrogens is 291 g/mol. The van der Waals surface area contributed by atoms with Gasteiger partial charge in [-0.2, -0.15) is 0 Å². The minimum absolute atomic E-state index is 0.232. The van der Waals surface area contributed by atoms with Crippen molar-refractivity contribution in [1.82, 2.24) is 9.97 Å². The van der Waals surface area contributed by atoms with E-state index in [4.69, 9.17) is 11.1 Å². The van der Waals surface area contributed by atoms with Crippen LogP contribution in [0.15, 0.2) is 39.1 Å². The van der Waals surface area contributed by atoms with E-state index in [0.29, 0.717) is 22.2 Å². The van der Waals surface area contributed by atoms with Gasteiger partial charge in [-0.15, -0.1) is 0 Å². The highest BCUT2D eigenvalue weighted by Gasteiger charge is 2.11. The molecule has 0 spiro atoms. The van der Waals surface area contributed by atoms with Crippen molar-refractivity contribution in [3.8, 4) is 0 Å². The molecule has 7 heteroatoms. The lowest BCUT2D eigenvalue weighted by atomic mass is 10.2.